The molecule has 0 fully saturated rings. The second kappa shape index (κ2) is 4.05. The lowest BCUT2D eigenvalue weighted by molar-refractivity contribution is 0.617. The first-order valence-corrected chi connectivity index (χ1v) is 5.40. The molecule has 0 atom stereocenters. The van der Waals surface area contributed by atoms with Gasteiger partial charge >= 0.3 is 0 Å². The second-order valence-electron chi connectivity index (χ2n) is 2.19. The van der Waals surface area contributed by atoms with Gasteiger partial charge in [0.2, 0.25) is 0 Å². The van der Waals surface area contributed by atoms with Crippen molar-refractivity contribution < 1.29 is 4.39 Å². The van der Waals surface area contributed by atoms with E-state index in [0.29, 0.717) is 10.5 Å². The van der Waals surface area contributed by atoms with Gasteiger partial charge in [-0.15, -0.1) is 0 Å². The van der Waals surface area contributed by atoms with Gasteiger partial charge in [-0.1, -0.05) is 23.2 Å². The van der Waals surface area contributed by atoms with Crippen LogP contribution in [0.4, 0.5) is 4.39 Å². The standard InChI is InChI=1S/C7H4Cl3FS/c1-3-5(11)2-4(8)7(12-10)6(3)9/h2H,1H3. The molecule has 0 heterocycles. The van der Waals surface area contributed by atoms with Gasteiger partial charge in [-0.3, -0.25) is 0 Å². The van der Waals surface area contributed by atoms with E-state index in [1.165, 1.54) is 6.07 Å². The SMILES string of the molecule is Cc1c(F)cc(Cl)c(SCl)c1Cl. The van der Waals surface area contributed by atoms with Crippen LogP contribution in [0.2, 0.25) is 10.0 Å². The second-order valence-corrected chi connectivity index (χ2v) is 4.00. The largest absolute Gasteiger partial charge is 0.207 e. The van der Waals surface area contributed by atoms with Gasteiger partial charge in [0.25, 0.3) is 0 Å². The molecule has 1 aromatic rings. The molecule has 0 aliphatic rings. The molecule has 0 nitrogen and oxygen atoms in total. The molecule has 0 saturated heterocycles. The maximum atomic E-state index is 12.9. The van der Waals surface area contributed by atoms with Crippen LogP contribution in [-0.2, 0) is 0 Å². The third-order valence-corrected chi connectivity index (χ3v) is 3.47. The molecule has 1 rings (SSSR count). The van der Waals surface area contributed by atoms with Crippen molar-refractivity contribution in [3.63, 3.8) is 0 Å². The number of hydrogen-bond donors (Lipinski definition) is 0. The first kappa shape index (κ1) is 10.5. The third-order valence-electron chi connectivity index (χ3n) is 1.43. The number of hydrogen-bond acceptors (Lipinski definition) is 1. The van der Waals surface area contributed by atoms with Crippen LogP contribution in [0.15, 0.2) is 11.0 Å². The van der Waals surface area contributed by atoms with E-state index >= 15 is 0 Å². The van der Waals surface area contributed by atoms with Crippen molar-refractivity contribution in [1.82, 2.24) is 0 Å². The summed E-state index contributed by atoms with van der Waals surface area (Å²) >= 11 is 11.5. The highest BCUT2D eigenvalue weighted by molar-refractivity contribution is 8.21. The highest BCUT2D eigenvalue weighted by atomic mass is 35.7. The monoisotopic (exact) mass is 244 g/mol. The molecule has 0 aromatic heterocycles. The highest BCUT2D eigenvalue weighted by Crippen LogP contribution is 2.39. The summed E-state index contributed by atoms with van der Waals surface area (Å²) in [6.07, 6.45) is 0. The summed E-state index contributed by atoms with van der Waals surface area (Å²) in [5.74, 6) is -0.417. The van der Waals surface area contributed by atoms with E-state index in [1.54, 1.807) is 6.92 Å². The Morgan fingerprint density at radius 1 is 1.42 bits per heavy atom. The molecule has 0 spiro atoms. The Balaban J connectivity index is 3.40. The van der Waals surface area contributed by atoms with Crippen molar-refractivity contribution in [3.8, 4) is 0 Å². The molecule has 0 unspecified atom stereocenters. The van der Waals surface area contributed by atoms with Crippen LogP contribution < -0.4 is 0 Å². The van der Waals surface area contributed by atoms with Crippen molar-refractivity contribution in [3.05, 3.63) is 27.5 Å². The van der Waals surface area contributed by atoms with Gasteiger partial charge in [0.1, 0.15) is 5.82 Å². The zero-order chi connectivity index (χ0) is 9.30. The fraction of sp³-hybridized carbons (Fsp3) is 0.143. The van der Waals surface area contributed by atoms with Crippen LogP contribution in [0.1, 0.15) is 5.56 Å². The molecule has 0 aliphatic heterocycles. The van der Waals surface area contributed by atoms with Crippen molar-refractivity contribution >= 4 is 44.9 Å². The normalized spacial score (nSPS) is 10.4. The van der Waals surface area contributed by atoms with E-state index in [4.69, 9.17) is 33.9 Å². The lowest BCUT2D eigenvalue weighted by atomic mass is 10.2. The van der Waals surface area contributed by atoms with Crippen LogP contribution in [0.5, 0.6) is 0 Å². The molecule has 0 bridgehead atoms. The van der Waals surface area contributed by atoms with E-state index in [0.717, 1.165) is 11.0 Å². The Labute approximate surface area is 88.5 Å². The summed E-state index contributed by atoms with van der Waals surface area (Å²) in [4.78, 5) is 0.499. The fourth-order valence-corrected chi connectivity index (χ4v) is 2.47. The molecule has 66 valence electrons. The van der Waals surface area contributed by atoms with Gasteiger partial charge in [-0.2, -0.15) is 0 Å². The molecule has 0 radical (unpaired) electrons. The zero-order valence-corrected chi connectivity index (χ0v) is 9.08. The molecule has 5 heteroatoms. The Morgan fingerprint density at radius 2 is 2.00 bits per heavy atom. The van der Waals surface area contributed by atoms with Gasteiger partial charge in [0.15, 0.2) is 0 Å². The predicted octanol–water partition coefficient (Wildman–Crippen LogP) is 4.69. The van der Waals surface area contributed by atoms with Crippen LogP contribution in [0.3, 0.4) is 0 Å². The average molecular weight is 246 g/mol. The fourth-order valence-electron chi connectivity index (χ4n) is 0.736. The summed E-state index contributed by atoms with van der Waals surface area (Å²) < 4.78 is 12.9. The minimum absolute atomic E-state index is 0.239. The highest BCUT2D eigenvalue weighted by Gasteiger charge is 2.12. The van der Waals surface area contributed by atoms with Crippen molar-refractivity contribution in [2.24, 2.45) is 0 Å². The van der Waals surface area contributed by atoms with E-state index < -0.39 is 5.82 Å². The van der Waals surface area contributed by atoms with Crippen LogP contribution in [0.25, 0.3) is 0 Å². The maximum Gasteiger partial charge on any atom is 0.129 e. The van der Waals surface area contributed by atoms with Crippen molar-refractivity contribution in [2.45, 2.75) is 11.8 Å². The first-order chi connectivity index (χ1) is 5.57. The molecule has 0 saturated carbocycles. The Morgan fingerprint density at radius 3 is 2.50 bits per heavy atom. The van der Waals surface area contributed by atoms with Crippen LogP contribution in [0, 0.1) is 12.7 Å². The van der Waals surface area contributed by atoms with Crippen LogP contribution >= 0.6 is 44.9 Å². The van der Waals surface area contributed by atoms with Gasteiger partial charge in [-0.05, 0) is 34.6 Å². The molecule has 1 aromatic carbocycles. The molecule has 0 aliphatic carbocycles. The lowest BCUT2D eigenvalue weighted by Crippen LogP contribution is -1.86. The van der Waals surface area contributed by atoms with Crippen molar-refractivity contribution in [2.75, 3.05) is 0 Å². The van der Waals surface area contributed by atoms with E-state index in [1.807, 2.05) is 0 Å². The maximum absolute atomic E-state index is 12.9. The first-order valence-electron chi connectivity index (χ1n) is 3.00. The summed E-state index contributed by atoms with van der Waals surface area (Å²) in [6, 6.07) is 1.20. The van der Waals surface area contributed by atoms with Crippen molar-refractivity contribution in [1.29, 1.82) is 0 Å². The Kier molecular flexibility index (Phi) is 3.53. The predicted molar refractivity (Wildman–Crippen MR) is 52.9 cm³/mol. The van der Waals surface area contributed by atoms with E-state index in [9.17, 15) is 4.39 Å². The minimum atomic E-state index is -0.417. The molecule has 12 heavy (non-hydrogen) atoms. The Bertz CT molecular complexity index is 314. The molecular weight excluding hydrogens is 242 g/mol. The summed E-state index contributed by atoms with van der Waals surface area (Å²) in [6.45, 7) is 1.57. The Hall–Kier alpha value is 0.370. The van der Waals surface area contributed by atoms with Crippen LogP contribution in [-0.4, -0.2) is 0 Å². The summed E-state index contributed by atoms with van der Waals surface area (Å²) in [5.41, 5.74) is 0.365. The van der Waals surface area contributed by atoms with E-state index in [2.05, 4.69) is 0 Å². The number of halogens is 4. The quantitative estimate of drug-likeness (QED) is 0.692. The zero-order valence-electron chi connectivity index (χ0n) is 6.00. The minimum Gasteiger partial charge on any atom is -0.207 e. The number of rotatable bonds is 1. The average Bonchev–Trinajstić information content (AvgIpc) is 2.01. The summed E-state index contributed by atoms with van der Waals surface area (Å²) in [5, 5.41) is 0.517. The van der Waals surface area contributed by atoms with Gasteiger partial charge in [0, 0.05) is 5.56 Å². The topological polar surface area (TPSA) is 0 Å². The van der Waals surface area contributed by atoms with Gasteiger partial charge in [0.05, 0.1) is 14.9 Å². The third kappa shape index (κ3) is 1.82. The number of benzene rings is 1. The summed E-state index contributed by atoms with van der Waals surface area (Å²) in [7, 11) is 6.37. The molecular formula is C7H4Cl3FS. The smallest absolute Gasteiger partial charge is 0.129 e. The van der Waals surface area contributed by atoms with Gasteiger partial charge in [-0.25, -0.2) is 4.39 Å². The molecule has 0 N–H and O–H groups in total. The lowest BCUT2D eigenvalue weighted by Gasteiger charge is -2.05. The molecule has 0 amide bonds. The van der Waals surface area contributed by atoms with Gasteiger partial charge < -0.3 is 0 Å². The van der Waals surface area contributed by atoms with E-state index in [-0.39, 0.29) is 10.0 Å².